The van der Waals surface area contributed by atoms with Crippen LogP contribution in [-0.2, 0) is 33.3 Å². The van der Waals surface area contributed by atoms with Crippen molar-refractivity contribution in [3.05, 3.63) is 53.1 Å². The molecule has 0 spiro atoms. The average Bonchev–Trinajstić information content (AvgIpc) is 3.08. The number of rotatable bonds is 7. The second kappa shape index (κ2) is 11.2. The van der Waals surface area contributed by atoms with E-state index in [9.17, 15) is 24.0 Å². The Morgan fingerprint density at radius 1 is 0.971 bits per heavy atom. The second-order valence-corrected chi connectivity index (χ2v) is 7.35. The predicted octanol–water partition coefficient (Wildman–Crippen LogP) is 1.18. The molecule has 186 valence electrons. The number of aromatic nitrogens is 2. The number of nitrogens with one attached hydrogen (secondary N) is 1. The Morgan fingerprint density at radius 3 is 2.23 bits per heavy atom. The number of hydrogen-bond donors (Lipinski definition) is 1. The van der Waals surface area contributed by atoms with Crippen molar-refractivity contribution in [1.82, 2.24) is 9.55 Å². The molecule has 4 atom stereocenters. The zero-order chi connectivity index (χ0) is 25.5. The number of carbonyl (C=O) groups excluding carboxylic acids is 4. The molecule has 13 nitrogen and oxygen atoms in total. The van der Waals surface area contributed by atoms with Crippen LogP contribution in [0.4, 0.5) is 10.6 Å². The van der Waals surface area contributed by atoms with E-state index < -0.39 is 54.2 Å². The summed E-state index contributed by atoms with van der Waals surface area (Å²) in [6, 6.07) is 9.56. The molecular formula is C22H23N3O10. The highest BCUT2D eigenvalue weighted by Gasteiger charge is 2.50. The van der Waals surface area contributed by atoms with E-state index >= 15 is 0 Å². The largest absolute Gasteiger partial charge is 0.463 e. The first-order chi connectivity index (χ1) is 16.6. The van der Waals surface area contributed by atoms with Crippen molar-refractivity contribution in [3.63, 3.8) is 0 Å². The number of nitrogens with zero attached hydrogens (tertiary/aromatic N) is 2. The second-order valence-electron chi connectivity index (χ2n) is 7.35. The van der Waals surface area contributed by atoms with E-state index in [1.807, 2.05) is 0 Å². The minimum absolute atomic E-state index is 0.109. The minimum Gasteiger partial charge on any atom is -0.463 e. The first-order valence-corrected chi connectivity index (χ1v) is 10.4. The van der Waals surface area contributed by atoms with Gasteiger partial charge >= 0.3 is 29.7 Å². The van der Waals surface area contributed by atoms with E-state index in [0.717, 1.165) is 18.4 Å². The lowest BCUT2D eigenvalue weighted by Crippen LogP contribution is -2.41. The molecule has 1 aliphatic heterocycles. The molecule has 1 aromatic carbocycles. The molecule has 0 bridgehead atoms. The van der Waals surface area contributed by atoms with Crippen molar-refractivity contribution < 1.29 is 42.9 Å². The normalized spacial score (nSPS) is 21.0. The lowest BCUT2D eigenvalue weighted by atomic mass is 10.1. The van der Waals surface area contributed by atoms with E-state index in [1.54, 1.807) is 30.3 Å². The Bertz CT molecular complexity index is 1150. The highest BCUT2D eigenvalue weighted by atomic mass is 16.7. The Hall–Kier alpha value is -4.26. The van der Waals surface area contributed by atoms with Crippen LogP contribution in [0.15, 0.2) is 47.4 Å². The standard InChI is InChI=1S/C22H23N3O10/c1-12(26)31-11-16-18(32-13(2)27)19(33-14(3)28)20(35-16)25-10-9-17(23-21(25)29)24-22(30)34-15-7-5-4-6-8-15/h4-10,16,18-20H,11H2,1-3H3,(H,23,24,29,30)/t16-,18-,19-,20-/m1/s1. The molecule has 2 aromatic rings. The predicted molar refractivity (Wildman–Crippen MR) is 116 cm³/mol. The van der Waals surface area contributed by atoms with Crippen LogP contribution >= 0.6 is 0 Å². The fraction of sp³-hybridized carbons (Fsp3) is 0.364. The van der Waals surface area contributed by atoms with Gasteiger partial charge in [0.2, 0.25) is 0 Å². The average molecular weight is 489 g/mol. The molecule has 1 aliphatic rings. The molecule has 1 aromatic heterocycles. The van der Waals surface area contributed by atoms with E-state index in [0.29, 0.717) is 0 Å². The molecule has 0 unspecified atom stereocenters. The SMILES string of the molecule is CC(=O)OC[C@H]1O[C@@H](n2ccc(NC(=O)Oc3ccccc3)nc2=O)[C@H](OC(C)=O)[C@@H]1OC(C)=O. The smallest absolute Gasteiger partial charge is 0.418 e. The van der Waals surface area contributed by atoms with Crippen LogP contribution in [0, 0.1) is 0 Å². The quantitative estimate of drug-likeness (QED) is 0.439. The van der Waals surface area contributed by atoms with Crippen LogP contribution in [0.1, 0.15) is 27.0 Å². The number of para-hydroxylation sites is 1. The molecule has 0 radical (unpaired) electrons. The van der Waals surface area contributed by atoms with Gasteiger partial charge in [-0.05, 0) is 18.2 Å². The van der Waals surface area contributed by atoms with Crippen LogP contribution in [-0.4, -0.2) is 58.5 Å². The van der Waals surface area contributed by atoms with E-state index in [4.69, 9.17) is 23.7 Å². The van der Waals surface area contributed by atoms with Gasteiger partial charge in [-0.3, -0.25) is 24.3 Å². The first-order valence-electron chi connectivity index (χ1n) is 10.4. The monoisotopic (exact) mass is 489 g/mol. The van der Waals surface area contributed by atoms with Gasteiger partial charge in [0.15, 0.2) is 18.4 Å². The van der Waals surface area contributed by atoms with Crippen molar-refractivity contribution in [2.45, 2.75) is 45.3 Å². The van der Waals surface area contributed by atoms with E-state index in [1.165, 1.54) is 19.2 Å². The lowest BCUT2D eigenvalue weighted by Gasteiger charge is -2.23. The van der Waals surface area contributed by atoms with Crippen LogP contribution in [0.3, 0.4) is 0 Å². The van der Waals surface area contributed by atoms with Gasteiger partial charge in [-0.25, -0.2) is 9.59 Å². The number of hydrogen-bond acceptors (Lipinski definition) is 11. The summed E-state index contributed by atoms with van der Waals surface area (Å²) in [6.45, 7) is 3.13. The molecule has 2 heterocycles. The van der Waals surface area contributed by atoms with Gasteiger partial charge in [0.1, 0.15) is 24.3 Å². The summed E-state index contributed by atoms with van der Waals surface area (Å²) in [4.78, 5) is 63.2. The van der Waals surface area contributed by atoms with Crippen molar-refractivity contribution in [3.8, 4) is 5.75 Å². The Morgan fingerprint density at radius 2 is 1.63 bits per heavy atom. The molecule has 13 heteroatoms. The van der Waals surface area contributed by atoms with Crippen LogP contribution in [0.5, 0.6) is 5.75 Å². The summed E-state index contributed by atoms with van der Waals surface area (Å²) in [7, 11) is 0. The number of carbonyl (C=O) groups is 4. The van der Waals surface area contributed by atoms with Crippen molar-refractivity contribution in [2.24, 2.45) is 0 Å². The summed E-state index contributed by atoms with van der Waals surface area (Å²) in [5.41, 5.74) is -0.876. The van der Waals surface area contributed by atoms with Gasteiger partial charge in [0.25, 0.3) is 0 Å². The highest BCUT2D eigenvalue weighted by Crippen LogP contribution is 2.33. The molecule has 1 fully saturated rings. The van der Waals surface area contributed by atoms with Gasteiger partial charge in [0, 0.05) is 27.0 Å². The van der Waals surface area contributed by atoms with Crippen molar-refractivity contribution in [1.29, 1.82) is 0 Å². The lowest BCUT2D eigenvalue weighted by molar-refractivity contribution is -0.166. The number of ether oxygens (including phenoxy) is 5. The van der Waals surface area contributed by atoms with Crippen LogP contribution in [0.25, 0.3) is 0 Å². The molecule has 3 rings (SSSR count). The van der Waals surface area contributed by atoms with E-state index in [-0.39, 0.29) is 18.2 Å². The molecule has 0 saturated carbocycles. The summed E-state index contributed by atoms with van der Waals surface area (Å²) in [5.74, 6) is -1.86. The molecule has 1 N–H and O–H groups in total. The summed E-state index contributed by atoms with van der Waals surface area (Å²) < 4.78 is 27.4. The van der Waals surface area contributed by atoms with Crippen LogP contribution < -0.4 is 15.7 Å². The maximum atomic E-state index is 12.7. The maximum absolute atomic E-state index is 12.7. The van der Waals surface area contributed by atoms with Gasteiger partial charge in [-0.1, -0.05) is 18.2 Å². The fourth-order valence-electron chi connectivity index (χ4n) is 3.32. The molecular weight excluding hydrogens is 466 g/mol. The van der Waals surface area contributed by atoms with Crippen LogP contribution in [0.2, 0.25) is 0 Å². The first kappa shape index (κ1) is 25.4. The summed E-state index contributed by atoms with van der Waals surface area (Å²) in [6.07, 6.45) is -4.36. The third-order valence-corrected chi connectivity index (χ3v) is 4.63. The van der Waals surface area contributed by atoms with E-state index in [2.05, 4.69) is 10.3 Å². The number of amides is 1. The third-order valence-electron chi connectivity index (χ3n) is 4.63. The molecule has 1 amide bonds. The zero-order valence-corrected chi connectivity index (χ0v) is 19.0. The number of benzene rings is 1. The van der Waals surface area contributed by atoms with Crippen molar-refractivity contribution in [2.75, 3.05) is 11.9 Å². The summed E-state index contributed by atoms with van der Waals surface area (Å²) >= 11 is 0. The number of anilines is 1. The van der Waals surface area contributed by atoms with Gasteiger partial charge in [0.05, 0.1) is 0 Å². The van der Waals surface area contributed by atoms with Gasteiger partial charge in [-0.2, -0.15) is 4.98 Å². The Kier molecular flexibility index (Phi) is 8.15. The Balaban J connectivity index is 1.82. The number of esters is 3. The van der Waals surface area contributed by atoms with Gasteiger partial charge in [-0.15, -0.1) is 0 Å². The summed E-state index contributed by atoms with van der Waals surface area (Å²) in [5, 5.41) is 2.33. The zero-order valence-electron chi connectivity index (χ0n) is 19.0. The molecule has 1 saturated heterocycles. The fourth-order valence-corrected chi connectivity index (χ4v) is 3.32. The minimum atomic E-state index is -1.27. The van der Waals surface area contributed by atoms with Gasteiger partial charge < -0.3 is 23.7 Å². The maximum Gasteiger partial charge on any atom is 0.418 e. The highest BCUT2D eigenvalue weighted by molar-refractivity contribution is 5.84. The topological polar surface area (TPSA) is 161 Å². The Labute approximate surface area is 198 Å². The van der Waals surface area contributed by atoms with Crippen molar-refractivity contribution >= 4 is 29.8 Å². The molecule has 0 aliphatic carbocycles. The molecule has 35 heavy (non-hydrogen) atoms. The third kappa shape index (κ3) is 6.86.